The first kappa shape index (κ1) is 15.0. The first-order chi connectivity index (χ1) is 9.42. The van der Waals surface area contributed by atoms with E-state index in [0.717, 1.165) is 15.6 Å². The SMILES string of the molecule is CCN1C[C@@H](C(=O)N[C@@H](C)c2sc(C)nc2C)CC1=O. The van der Waals surface area contributed by atoms with Crippen LogP contribution in [0.4, 0.5) is 0 Å². The average Bonchev–Trinajstić information content (AvgIpc) is 2.91. The summed E-state index contributed by atoms with van der Waals surface area (Å²) in [7, 11) is 0. The zero-order valence-corrected chi connectivity index (χ0v) is 13.2. The van der Waals surface area contributed by atoms with Crippen LogP contribution in [0.1, 0.15) is 41.9 Å². The van der Waals surface area contributed by atoms with E-state index in [0.29, 0.717) is 19.5 Å². The molecule has 0 radical (unpaired) electrons. The molecule has 2 heterocycles. The molecule has 5 nitrogen and oxygen atoms in total. The first-order valence-electron chi connectivity index (χ1n) is 6.94. The van der Waals surface area contributed by atoms with Crippen LogP contribution in [0.2, 0.25) is 0 Å². The molecule has 1 aromatic heterocycles. The summed E-state index contributed by atoms with van der Waals surface area (Å²) in [5, 5.41) is 4.02. The van der Waals surface area contributed by atoms with E-state index in [9.17, 15) is 9.59 Å². The van der Waals surface area contributed by atoms with Gasteiger partial charge in [0.1, 0.15) is 0 Å². The van der Waals surface area contributed by atoms with Crippen molar-refractivity contribution in [3.05, 3.63) is 15.6 Å². The molecule has 0 bridgehead atoms. The second-order valence-electron chi connectivity index (χ2n) is 5.25. The molecule has 0 unspecified atom stereocenters. The van der Waals surface area contributed by atoms with Gasteiger partial charge >= 0.3 is 0 Å². The van der Waals surface area contributed by atoms with Gasteiger partial charge in [-0.3, -0.25) is 9.59 Å². The number of nitrogens with zero attached hydrogens (tertiary/aromatic N) is 2. The van der Waals surface area contributed by atoms with Crippen molar-refractivity contribution < 1.29 is 9.59 Å². The summed E-state index contributed by atoms with van der Waals surface area (Å²) in [6.45, 7) is 9.03. The molecule has 20 heavy (non-hydrogen) atoms. The van der Waals surface area contributed by atoms with Gasteiger partial charge in [0, 0.05) is 24.4 Å². The Kier molecular flexibility index (Phi) is 4.42. The normalized spacial score (nSPS) is 20.3. The van der Waals surface area contributed by atoms with Gasteiger partial charge in [0.15, 0.2) is 0 Å². The Morgan fingerprint density at radius 3 is 2.75 bits per heavy atom. The summed E-state index contributed by atoms with van der Waals surface area (Å²) < 4.78 is 0. The number of nitrogens with one attached hydrogen (secondary N) is 1. The van der Waals surface area contributed by atoms with Crippen molar-refractivity contribution >= 4 is 23.2 Å². The summed E-state index contributed by atoms with van der Waals surface area (Å²) in [5.74, 6) is -0.184. The van der Waals surface area contributed by atoms with E-state index in [1.165, 1.54) is 0 Å². The molecule has 2 amide bonds. The van der Waals surface area contributed by atoms with Crippen molar-refractivity contribution in [1.29, 1.82) is 0 Å². The van der Waals surface area contributed by atoms with Crippen LogP contribution in [0.3, 0.4) is 0 Å². The monoisotopic (exact) mass is 295 g/mol. The molecule has 110 valence electrons. The number of carbonyl (C=O) groups excluding carboxylic acids is 2. The third-order valence-corrected chi connectivity index (χ3v) is 4.91. The van der Waals surface area contributed by atoms with E-state index >= 15 is 0 Å². The molecule has 1 fully saturated rings. The van der Waals surface area contributed by atoms with Crippen molar-refractivity contribution in [2.75, 3.05) is 13.1 Å². The van der Waals surface area contributed by atoms with Crippen LogP contribution in [-0.2, 0) is 9.59 Å². The van der Waals surface area contributed by atoms with Crippen molar-refractivity contribution in [2.45, 2.75) is 40.2 Å². The van der Waals surface area contributed by atoms with Crippen LogP contribution in [0.5, 0.6) is 0 Å². The molecule has 1 aliphatic rings. The Balaban J connectivity index is 1.98. The minimum absolute atomic E-state index is 0.0350. The van der Waals surface area contributed by atoms with Gasteiger partial charge in [0.05, 0.1) is 22.7 Å². The number of hydrogen-bond donors (Lipinski definition) is 1. The van der Waals surface area contributed by atoms with E-state index in [2.05, 4.69) is 10.3 Å². The van der Waals surface area contributed by atoms with Crippen LogP contribution in [0.25, 0.3) is 0 Å². The largest absolute Gasteiger partial charge is 0.348 e. The molecule has 6 heteroatoms. The highest BCUT2D eigenvalue weighted by molar-refractivity contribution is 7.11. The Bertz CT molecular complexity index is 526. The maximum Gasteiger partial charge on any atom is 0.225 e. The van der Waals surface area contributed by atoms with Crippen LogP contribution in [0, 0.1) is 19.8 Å². The predicted molar refractivity (Wildman–Crippen MR) is 78.5 cm³/mol. The molecule has 1 saturated heterocycles. The predicted octanol–water partition coefficient (Wildman–Crippen LogP) is 1.81. The van der Waals surface area contributed by atoms with Crippen molar-refractivity contribution in [2.24, 2.45) is 5.92 Å². The number of aryl methyl sites for hydroxylation is 2. The maximum absolute atomic E-state index is 12.2. The van der Waals surface area contributed by atoms with Crippen LogP contribution in [0.15, 0.2) is 0 Å². The molecule has 0 spiro atoms. The Morgan fingerprint density at radius 2 is 2.25 bits per heavy atom. The van der Waals surface area contributed by atoms with E-state index < -0.39 is 0 Å². The van der Waals surface area contributed by atoms with Gasteiger partial charge in [0.25, 0.3) is 0 Å². The third-order valence-electron chi connectivity index (χ3n) is 3.66. The Labute approximate surface area is 123 Å². The molecule has 2 atom stereocenters. The van der Waals surface area contributed by atoms with E-state index in [1.54, 1.807) is 16.2 Å². The number of hydrogen-bond acceptors (Lipinski definition) is 4. The highest BCUT2D eigenvalue weighted by Crippen LogP contribution is 2.25. The number of carbonyl (C=O) groups is 2. The Hall–Kier alpha value is -1.43. The lowest BCUT2D eigenvalue weighted by molar-refractivity contribution is -0.129. The standard InChI is InChI=1S/C14H21N3O2S/c1-5-17-7-11(6-12(17)18)14(19)16-9(3)13-8(2)15-10(4)20-13/h9,11H,5-7H2,1-4H3,(H,16,19)/t9-,11-/m0/s1. The van der Waals surface area contributed by atoms with Crippen LogP contribution in [-0.4, -0.2) is 34.8 Å². The molecular formula is C14H21N3O2S. The first-order valence-corrected chi connectivity index (χ1v) is 7.76. The molecule has 1 N–H and O–H groups in total. The third kappa shape index (κ3) is 3.00. The van der Waals surface area contributed by atoms with Crippen molar-refractivity contribution in [1.82, 2.24) is 15.2 Å². The summed E-state index contributed by atoms with van der Waals surface area (Å²) in [6, 6.07) is -0.0560. The summed E-state index contributed by atoms with van der Waals surface area (Å²) in [4.78, 5) is 31.1. The van der Waals surface area contributed by atoms with E-state index in [-0.39, 0.29) is 23.8 Å². The lowest BCUT2D eigenvalue weighted by atomic mass is 10.1. The number of likely N-dealkylation sites (tertiary alicyclic amines) is 1. The lowest BCUT2D eigenvalue weighted by Crippen LogP contribution is -2.34. The molecule has 1 aromatic rings. The van der Waals surface area contributed by atoms with Gasteiger partial charge in [-0.15, -0.1) is 11.3 Å². The van der Waals surface area contributed by atoms with Crippen LogP contribution < -0.4 is 5.32 Å². The number of thiazole rings is 1. The quantitative estimate of drug-likeness (QED) is 0.921. The smallest absolute Gasteiger partial charge is 0.225 e. The summed E-state index contributed by atoms with van der Waals surface area (Å²) in [6.07, 6.45) is 0.326. The second kappa shape index (κ2) is 5.91. The summed E-state index contributed by atoms with van der Waals surface area (Å²) in [5.41, 5.74) is 0.970. The minimum Gasteiger partial charge on any atom is -0.348 e. The fourth-order valence-electron chi connectivity index (χ4n) is 2.60. The highest BCUT2D eigenvalue weighted by atomic mass is 32.1. The highest BCUT2D eigenvalue weighted by Gasteiger charge is 2.34. The fourth-order valence-corrected chi connectivity index (χ4v) is 3.53. The minimum atomic E-state index is -0.223. The zero-order valence-electron chi connectivity index (χ0n) is 12.4. The fraction of sp³-hybridized carbons (Fsp3) is 0.643. The lowest BCUT2D eigenvalue weighted by Gasteiger charge is -2.17. The zero-order chi connectivity index (χ0) is 14.9. The van der Waals surface area contributed by atoms with Crippen molar-refractivity contribution in [3.8, 4) is 0 Å². The van der Waals surface area contributed by atoms with Gasteiger partial charge in [0.2, 0.25) is 11.8 Å². The number of rotatable bonds is 4. The Morgan fingerprint density at radius 1 is 1.55 bits per heavy atom. The van der Waals surface area contributed by atoms with Crippen LogP contribution >= 0.6 is 11.3 Å². The molecule has 1 aliphatic heterocycles. The van der Waals surface area contributed by atoms with Crippen molar-refractivity contribution in [3.63, 3.8) is 0 Å². The molecule has 2 rings (SSSR count). The van der Waals surface area contributed by atoms with Gasteiger partial charge < -0.3 is 10.2 Å². The molecule has 0 aromatic carbocycles. The van der Waals surface area contributed by atoms with E-state index in [4.69, 9.17) is 0 Å². The molecular weight excluding hydrogens is 274 g/mol. The molecule has 0 aliphatic carbocycles. The van der Waals surface area contributed by atoms with Gasteiger partial charge in [-0.25, -0.2) is 4.98 Å². The van der Waals surface area contributed by atoms with E-state index in [1.807, 2.05) is 27.7 Å². The summed E-state index contributed by atoms with van der Waals surface area (Å²) >= 11 is 1.61. The van der Waals surface area contributed by atoms with Gasteiger partial charge in [-0.05, 0) is 27.7 Å². The maximum atomic E-state index is 12.2. The van der Waals surface area contributed by atoms with Gasteiger partial charge in [-0.1, -0.05) is 0 Å². The molecule has 0 saturated carbocycles. The number of aromatic nitrogens is 1. The second-order valence-corrected chi connectivity index (χ2v) is 6.48. The average molecular weight is 295 g/mol. The topological polar surface area (TPSA) is 62.3 Å². The van der Waals surface area contributed by atoms with Gasteiger partial charge in [-0.2, -0.15) is 0 Å². The number of amides is 2.